The number of hydrogen-bond acceptors (Lipinski definition) is 7. The Morgan fingerprint density at radius 2 is 2.10 bits per heavy atom. The predicted molar refractivity (Wildman–Crippen MR) is 106 cm³/mol. The molecule has 3 aromatic heterocycles. The molecule has 3 aromatic rings. The Morgan fingerprint density at radius 3 is 2.93 bits per heavy atom. The minimum Gasteiger partial charge on any atom is -0.477 e. The smallest absolute Gasteiger partial charge is 0.255 e. The Hall–Kier alpha value is -3.13. The first-order valence-corrected chi connectivity index (χ1v) is 9.93. The maximum absolute atomic E-state index is 12.7. The zero-order valence-corrected chi connectivity index (χ0v) is 16.0. The van der Waals surface area contributed by atoms with E-state index in [1.54, 1.807) is 18.6 Å². The van der Waals surface area contributed by atoms with Crippen molar-refractivity contribution in [3.05, 3.63) is 64.2 Å². The summed E-state index contributed by atoms with van der Waals surface area (Å²) in [5.74, 6) is 1.91. The number of pyridine rings is 1. The first-order valence-electron chi connectivity index (χ1n) is 9.93. The molecular formula is C21H22N6O2. The van der Waals surface area contributed by atoms with E-state index in [2.05, 4.69) is 29.8 Å². The van der Waals surface area contributed by atoms with Gasteiger partial charge in [-0.15, -0.1) is 0 Å². The molecular weight excluding hydrogens is 368 g/mol. The molecule has 0 atom stereocenters. The fourth-order valence-corrected chi connectivity index (χ4v) is 3.57. The van der Waals surface area contributed by atoms with Gasteiger partial charge < -0.3 is 9.72 Å². The number of aromatic nitrogens is 5. The van der Waals surface area contributed by atoms with Crippen LogP contribution in [0, 0.1) is 5.92 Å². The highest BCUT2D eigenvalue weighted by Gasteiger charge is 2.24. The van der Waals surface area contributed by atoms with Crippen LogP contribution in [0.1, 0.15) is 29.7 Å². The third-order valence-corrected chi connectivity index (χ3v) is 5.38. The van der Waals surface area contributed by atoms with E-state index in [0.29, 0.717) is 36.3 Å². The van der Waals surface area contributed by atoms with E-state index >= 15 is 0 Å². The van der Waals surface area contributed by atoms with Crippen LogP contribution in [0.15, 0.2) is 41.8 Å². The van der Waals surface area contributed by atoms with E-state index in [-0.39, 0.29) is 5.56 Å². The van der Waals surface area contributed by atoms with E-state index in [4.69, 9.17) is 4.74 Å². The zero-order valence-electron chi connectivity index (χ0n) is 16.0. The summed E-state index contributed by atoms with van der Waals surface area (Å²) in [5.41, 5.74) is 3.23. The summed E-state index contributed by atoms with van der Waals surface area (Å²) in [6.07, 6.45) is 9.74. The summed E-state index contributed by atoms with van der Waals surface area (Å²) in [7, 11) is 0. The summed E-state index contributed by atoms with van der Waals surface area (Å²) >= 11 is 0. The molecule has 0 amide bonds. The molecule has 4 heterocycles. The maximum Gasteiger partial charge on any atom is 0.255 e. The first kappa shape index (κ1) is 17.9. The molecule has 0 bridgehead atoms. The predicted octanol–water partition coefficient (Wildman–Crippen LogP) is 1.97. The van der Waals surface area contributed by atoms with E-state index in [9.17, 15) is 4.79 Å². The summed E-state index contributed by atoms with van der Waals surface area (Å²) < 4.78 is 5.93. The van der Waals surface area contributed by atoms with Crippen LogP contribution in [0.2, 0.25) is 0 Å². The number of rotatable bonds is 6. The van der Waals surface area contributed by atoms with E-state index in [1.807, 2.05) is 12.1 Å². The lowest BCUT2D eigenvalue weighted by atomic mass is 10.1. The average molecular weight is 390 g/mol. The minimum absolute atomic E-state index is 0.102. The van der Waals surface area contributed by atoms with Crippen molar-refractivity contribution < 1.29 is 4.74 Å². The van der Waals surface area contributed by atoms with E-state index in [1.165, 1.54) is 19.2 Å². The molecule has 1 N–H and O–H groups in total. The van der Waals surface area contributed by atoms with Crippen molar-refractivity contribution in [2.24, 2.45) is 5.92 Å². The van der Waals surface area contributed by atoms with Gasteiger partial charge in [-0.2, -0.15) is 0 Å². The Bertz CT molecular complexity index is 1060. The van der Waals surface area contributed by atoms with Gasteiger partial charge >= 0.3 is 0 Å². The topological polar surface area (TPSA) is 96.9 Å². The van der Waals surface area contributed by atoms with Crippen molar-refractivity contribution in [1.82, 2.24) is 29.8 Å². The number of nitrogens with one attached hydrogen (secondary N) is 1. The van der Waals surface area contributed by atoms with Crippen molar-refractivity contribution in [3.63, 3.8) is 0 Å². The Morgan fingerprint density at radius 1 is 1.24 bits per heavy atom. The second kappa shape index (κ2) is 7.71. The number of ether oxygens (including phenoxy) is 1. The summed E-state index contributed by atoms with van der Waals surface area (Å²) in [6, 6.07) is 3.98. The molecule has 0 unspecified atom stereocenters. The fraction of sp³-hybridized carbons (Fsp3) is 0.381. The standard InChI is InChI=1S/C21H22N6O2/c28-20-17-11-27(10-15-2-1-6-24-21(15)29-12-14-3-4-14)7-5-18(17)25-19(26-20)16-8-22-13-23-9-16/h1-2,6,8-9,13-14H,3-5,7,10-12H2,(H,25,26,28). The van der Waals surface area contributed by atoms with Crippen molar-refractivity contribution in [1.29, 1.82) is 0 Å². The van der Waals surface area contributed by atoms with Crippen LogP contribution < -0.4 is 10.3 Å². The number of aromatic amines is 1. The number of fused-ring (bicyclic) bond motifs is 1. The minimum atomic E-state index is -0.102. The largest absolute Gasteiger partial charge is 0.477 e. The molecule has 2 aliphatic rings. The Labute approximate surface area is 168 Å². The van der Waals surface area contributed by atoms with Crippen LogP contribution in [0.25, 0.3) is 11.4 Å². The molecule has 0 saturated heterocycles. The third-order valence-electron chi connectivity index (χ3n) is 5.38. The molecule has 0 aromatic carbocycles. The summed E-state index contributed by atoms with van der Waals surface area (Å²) in [6.45, 7) is 2.81. The molecule has 8 nitrogen and oxygen atoms in total. The number of nitrogens with zero attached hydrogens (tertiary/aromatic N) is 5. The van der Waals surface area contributed by atoms with Gasteiger partial charge in [-0.3, -0.25) is 9.69 Å². The van der Waals surface area contributed by atoms with Crippen molar-refractivity contribution in [2.75, 3.05) is 13.2 Å². The Kier molecular flexibility index (Phi) is 4.77. The second-order valence-corrected chi connectivity index (χ2v) is 7.65. The van der Waals surface area contributed by atoms with Crippen LogP contribution in [0.5, 0.6) is 5.88 Å². The lowest BCUT2D eigenvalue weighted by molar-refractivity contribution is 0.230. The highest BCUT2D eigenvalue weighted by Crippen LogP contribution is 2.30. The van der Waals surface area contributed by atoms with Gasteiger partial charge in [0.1, 0.15) is 12.2 Å². The molecule has 1 aliphatic carbocycles. The third kappa shape index (κ3) is 4.02. The van der Waals surface area contributed by atoms with Gasteiger partial charge in [-0.25, -0.2) is 19.9 Å². The normalized spacial score (nSPS) is 16.4. The highest BCUT2D eigenvalue weighted by molar-refractivity contribution is 5.52. The SMILES string of the molecule is O=c1[nH]c(-c2cncnc2)nc2c1CN(Cc1cccnc1OCC1CC1)CC2. The number of H-pyrrole nitrogens is 1. The van der Waals surface area contributed by atoms with E-state index < -0.39 is 0 Å². The molecule has 29 heavy (non-hydrogen) atoms. The van der Waals surface area contributed by atoms with Crippen LogP contribution in [-0.2, 0) is 19.5 Å². The van der Waals surface area contributed by atoms with Crippen LogP contribution in [0.3, 0.4) is 0 Å². The summed E-state index contributed by atoms with van der Waals surface area (Å²) in [5, 5.41) is 0. The second-order valence-electron chi connectivity index (χ2n) is 7.65. The van der Waals surface area contributed by atoms with Crippen molar-refractivity contribution in [3.8, 4) is 17.3 Å². The van der Waals surface area contributed by atoms with Crippen molar-refractivity contribution >= 4 is 0 Å². The first-order chi connectivity index (χ1) is 14.3. The fourth-order valence-electron chi connectivity index (χ4n) is 3.57. The molecule has 5 rings (SSSR count). The molecule has 1 fully saturated rings. The van der Waals surface area contributed by atoms with Crippen LogP contribution >= 0.6 is 0 Å². The van der Waals surface area contributed by atoms with Gasteiger partial charge in [-0.05, 0) is 24.8 Å². The van der Waals surface area contributed by atoms with Gasteiger partial charge in [0, 0.05) is 50.2 Å². The monoisotopic (exact) mass is 390 g/mol. The van der Waals surface area contributed by atoms with Crippen LogP contribution in [-0.4, -0.2) is 43.0 Å². The molecule has 0 radical (unpaired) electrons. The van der Waals surface area contributed by atoms with Gasteiger partial charge in [0.2, 0.25) is 5.88 Å². The van der Waals surface area contributed by atoms with Crippen LogP contribution in [0.4, 0.5) is 0 Å². The number of hydrogen-bond donors (Lipinski definition) is 1. The Balaban J connectivity index is 1.33. The maximum atomic E-state index is 12.7. The lowest BCUT2D eigenvalue weighted by Gasteiger charge is -2.28. The van der Waals surface area contributed by atoms with Gasteiger partial charge in [0.25, 0.3) is 5.56 Å². The highest BCUT2D eigenvalue weighted by atomic mass is 16.5. The molecule has 0 spiro atoms. The van der Waals surface area contributed by atoms with Gasteiger partial charge in [0.15, 0.2) is 0 Å². The van der Waals surface area contributed by atoms with Gasteiger partial charge in [0.05, 0.1) is 23.4 Å². The average Bonchev–Trinajstić information content (AvgIpc) is 3.59. The molecule has 1 saturated carbocycles. The molecule has 8 heteroatoms. The quantitative estimate of drug-likeness (QED) is 0.687. The summed E-state index contributed by atoms with van der Waals surface area (Å²) in [4.78, 5) is 34.9. The zero-order chi connectivity index (χ0) is 19.6. The van der Waals surface area contributed by atoms with Crippen molar-refractivity contribution in [2.45, 2.75) is 32.4 Å². The van der Waals surface area contributed by atoms with E-state index in [0.717, 1.165) is 36.4 Å². The lowest BCUT2D eigenvalue weighted by Crippen LogP contribution is -2.35. The molecule has 148 valence electrons. The van der Waals surface area contributed by atoms with Gasteiger partial charge in [-0.1, -0.05) is 6.07 Å². The molecule has 1 aliphatic heterocycles.